The van der Waals surface area contributed by atoms with Crippen molar-refractivity contribution in [2.75, 3.05) is 5.75 Å². The number of nitriles is 1. The van der Waals surface area contributed by atoms with Crippen molar-refractivity contribution in [3.05, 3.63) is 0 Å². The summed E-state index contributed by atoms with van der Waals surface area (Å²) in [5, 5.41) is 8.89. The van der Waals surface area contributed by atoms with Crippen molar-refractivity contribution in [1.82, 2.24) is 4.72 Å². The molecule has 0 heterocycles. The molecule has 17 heavy (non-hydrogen) atoms. The molecule has 1 fully saturated rings. The van der Waals surface area contributed by atoms with Crippen molar-refractivity contribution in [3.63, 3.8) is 0 Å². The Kier molecular flexibility index (Phi) is 5.41. The Balaban J connectivity index is 2.53. The standard InChI is InChI=1S/C12H22N2O2S/c1-10(2)12(8-13)14-17(15,16)9-11-6-4-3-5-7-11/h10-12,14H,3-7,9H2,1-2H3. The number of hydrogen-bond donors (Lipinski definition) is 1. The molecule has 1 rings (SSSR count). The Hall–Kier alpha value is -0.600. The summed E-state index contributed by atoms with van der Waals surface area (Å²) in [4.78, 5) is 0. The molecule has 98 valence electrons. The number of hydrogen-bond acceptors (Lipinski definition) is 3. The average Bonchev–Trinajstić information content (AvgIpc) is 2.26. The molecule has 1 N–H and O–H groups in total. The molecule has 0 saturated heterocycles. The molecule has 0 amide bonds. The number of nitrogens with zero attached hydrogens (tertiary/aromatic N) is 1. The Bertz CT molecular complexity index is 364. The molecular weight excluding hydrogens is 236 g/mol. The minimum absolute atomic E-state index is 0.00105. The first-order chi connectivity index (χ1) is 7.94. The van der Waals surface area contributed by atoms with Crippen LogP contribution in [0.3, 0.4) is 0 Å². The number of rotatable bonds is 5. The van der Waals surface area contributed by atoms with E-state index in [0.717, 1.165) is 25.7 Å². The summed E-state index contributed by atoms with van der Waals surface area (Å²) in [7, 11) is -3.31. The van der Waals surface area contributed by atoms with Crippen molar-refractivity contribution < 1.29 is 8.42 Å². The van der Waals surface area contributed by atoms with E-state index in [4.69, 9.17) is 5.26 Å². The first-order valence-corrected chi connectivity index (χ1v) is 7.99. The van der Waals surface area contributed by atoms with E-state index in [-0.39, 0.29) is 17.6 Å². The van der Waals surface area contributed by atoms with Crippen LogP contribution >= 0.6 is 0 Å². The predicted octanol–water partition coefficient (Wildman–Crippen LogP) is 2.03. The summed E-state index contributed by atoms with van der Waals surface area (Å²) >= 11 is 0. The smallest absolute Gasteiger partial charge is 0.212 e. The van der Waals surface area contributed by atoms with Crippen LogP contribution in [0.4, 0.5) is 0 Å². The molecule has 0 aromatic carbocycles. The molecule has 0 aromatic heterocycles. The number of nitrogens with one attached hydrogen (secondary N) is 1. The van der Waals surface area contributed by atoms with Gasteiger partial charge in [0, 0.05) is 0 Å². The van der Waals surface area contributed by atoms with Gasteiger partial charge in [-0.25, -0.2) is 8.42 Å². The van der Waals surface area contributed by atoms with Crippen molar-refractivity contribution in [3.8, 4) is 6.07 Å². The number of sulfonamides is 1. The van der Waals surface area contributed by atoms with Gasteiger partial charge in [0.25, 0.3) is 0 Å². The quantitative estimate of drug-likeness (QED) is 0.820. The van der Waals surface area contributed by atoms with Gasteiger partial charge in [-0.1, -0.05) is 33.1 Å². The molecule has 1 saturated carbocycles. The highest BCUT2D eigenvalue weighted by molar-refractivity contribution is 7.89. The van der Waals surface area contributed by atoms with E-state index in [1.165, 1.54) is 6.42 Å². The zero-order chi connectivity index (χ0) is 12.9. The summed E-state index contributed by atoms with van der Waals surface area (Å²) in [5.41, 5.74) is 0. The predicted molar refractivity (Wildman–Crippen MR) is 67.7 cm³/mol. The average molecular weight is 258 g/mol. The SMILES string of the molecule is CC(C)C(C#N)NS(=O)(=O)CC1CCCCC1. The highest BCUT2D eigenvalue weighted by Gasteiger charge is 2.25. The van der Waals surface area contributed by atoms with E-state index in [1.807, 2.05) is 19.9 Å². The van der Waals surface area contributed by atoms with Crippen LogP contribution in [0.1, 0.15) is 46.0 Å². The van der Waals surface area contributed by atoms with E-state index in [1.54, 1.807) is 0 Å². The molecule has 1 atom stereocenters. The van der Waals surface area contributed by atoms with Gasteiger partial charge in [0.2, 0.25) is 10.0 Å². The van der Waals surface area contributed by atoms with Crippen molar-refractivity contribution in [2.24, 2.45) is 11.8 Å². The normalized spacial score (nSPS) is 20.1. The van der Waals surface area contributed by atoms with Crippen molar-refractivity contribution in [2.45, 2.75) is 52.0 Å². The van der Waals surface area contributed by atoms with E-state index in [2.05, 4.69) is 4.72 Å². The van der Waals surface area contributed by atoms with Crippen LogP contribution in [0.5, 0.6) is 0 Å². The lowest BCUT2D eigenvalue weighted by Gasteiger charge is -2.22. The monoisotopic (exact) mass is 258 g/mol. The van der Waals surface area contributed by atoms with Gasteiger partial charge in [0.1, 0.15) is 6.04 Å². The van der Waals surface area contributed by atoms with Crippen LogP contribution in [-0.4, -0.2) is 20.2 Å². The summed E-state index contributed by atoms with van der Waals surface area (Å²) < 4.78 is 26.3. The maximum atomic E-state index is 11.9. The summed E-state index contributed by atoms with van der Waals surface area (Å²) in [6, 6.07) is 1.40. The third-order valence-corrected chi connectivity index (χ3v) is 4.82. The summed E-state index contributed by atoms with van der Waals surface area (Å²) in [6.07, 6.45) is 5.48. The first kappa shape index (κ1) is 14.5. The lowest BCUT2D eigenvalue weighted by Crippen LogP contribution is -2.40. The second-order valence-electron chi connectivity index (χ2n) is 5.25. The largest absolute Gasteiger partial charge is 0.213 e. The molecule has 0 aromatic rings. The van der Waals surface area contributed by atoms with Gasteiger partial charge >= 0.3 is 0 Å². The van der Waals surface area contributed by atoms with Crippen LogP contribution in [0.15, 0.2) is 0 Å². The summed E-state index contributed by atoms with van der Waals surface area (Å²) in [6.45, 7) is 3.69. The van der Waals surface area contributed by atoms with Crippen LogP contribution in [-0.2, 0) is 10.0 Å². The molecule has 0 bridgehead atoms. The van der Waals surface area contributed by atoms with E-state index < -0.39 is 16.1 Å². The minimum Gasteiger partial charge on any atom is -0.212 e. The van der Waals surface area contributed by atoms with Gasteiger partial charge in [0.15, 0.2) is 0 Å². The van der Waals surface area contributed by atoms with E-state index >= 15 is 0 Å². The maximum absolute atomic E-state index is 11.9. The summed E-state index contributed by atoms with van der Waals surface area (Å²) in [5.74, 6) is 0.451. The van der Waals surface area contributed by atoms with Gasteiger partial charge < -0.3 is 0 Å². The molecule has 0 aliphatic heterocycles. The Morgan fingerprint density at radius 3 is 2.35 bits per heavy atom. The van der Waals surface area contributed by atoms with Crippen LogP contribution in [0.25, 0.3) is 0 Å². The first-order valence-electron chi connectivity index (χ1n) is 6.34. The van der Waals surface area contributed by atoms with E-state index in [9.17, 15) is 8.42 Å². The molecule has 1 aliphatic carbocycles. The molecule has 0 spiro atoms. The van der Waals surface area contributed by atoms with Gasteiger partial charge in [-0.15, -0.1) is 0 Å². The van der Waals surface area contributed by atoms with E-state index in [0.29, 0.717) is 0 Å². The zero-order valence-corrected chi connectivity index (χ0v) is 11.5. The fourth-order valence-corrected chi connectivity index (χ4v) is 3.98. The Morgan fingerprint density at radius 2 is 1.88 bits per heavy atom. The second kappa shape index (κ2) is 6.36. The van der Waals surface area contributed by atoms with Gasteiger partial charge in [0.05, 0.1) is 11.8 Å². The lowest BCUT2D eigenvalue weighted by molar-refractivity contribution is 0.382. The fraction of sp³-hybridized carbons (Fsp3) is 0.917. The van der Waals surface area contributed by atoms with Crippen LogP contribution in [0, 0.1) is 23.2 Å². The highest BCUT2D eigenvalue weighted by Crippen LogP contribution is 2.24. The molecule has 1 unspecified atom stereocenters. The molecule has 5 heteroatoms. The van der Waals surface area contributed by atoms with Gasteiger partial charge in [-0.2, -0.15) is 9.98 Å². The zero-order valence-electron chi connectivity index (χ0n) is 10.6. The van der Waals surface area contributed by atoms with Crippen molar-refractivity contribution in [1.29, 1.82) is 5.26 Å². The maximum Gasteiger partial charge on any atom is 0.213 e. The lowest BCUT2D eigenvalue weighted by atomic mass is 9.91. The highest BCUT2D eigenvalue weighted by atomic mass is 32.2. The van der Waals surface area contributed by atoms with Crippen LogP contribution < -0.4 is 4.72 Å². The fourth-order valence-electron chi connectivity index (χ4n) is 2.22. The molecule has 4 nitrogen and oxygen atoms in total. The minimum atomic E-state index is -3.31. The second-order valence-corrected chi connectivity index (χ2v) is 7.05. The van der Waals surface area contributed by atoms with Crippen LogP contribution in [0.2, 0.25) is 0 Å². The Labute approximate surface area is 104 Å². The van der Waals surface area contributed by atoms with Gasteiger partial charge in [-0.05, 0) is 24.7 Å². The molecule has 0 radical (unpaired) electrons. The molecular formula is C12H22N2O2S. The van der Waals surface area contributed by atoms with Gasteiger partial charge in [-0.3, -0.25) is 0 Å². The third-order valence-electron chi connectivity index (χ3n) is 3.29. The topological polar surface area (TPSA) is 70.0 Å². The van der Waals surface area contributed by atoms with Crippen molar-refractivity contribution >= 4 is 10.0 Å². The third kappa shape index (κ3) is 5.05. The molecule has 1 aliphatic rings. The Morgan fingerprint density at radius 1 is 1.29 bits per heavy atom.